The predicted molar refractivity (Wildman–Crippen MR) is 126 cm³/mol. The summed E-state index contributed by atoms with van der Waals surface area (Å²) in [5, 5.41) is 2.68. The Morgan fingerprint density at radius 2 is 1.97 bits per heavy atom. The van der Waals surface area contributed by atoms with E-state index in [-0.39, 0.29) is 17.6 Å². The number of cyclic esters (lactones) is 1. The van der Waals surface area contributed by atoms with E-state index in [1.54, 1.807) is 16.7 Å². The maximum absolute atomic E-state index is 13.1. The van der Waals surface area contributed by atoms with E-state index in [9.17, 15) is 22.8 Å². The van der Waals surface area contributed by atoms with Crippen molar-refractivity contribution in [2.45, 2.75) is 44.5 Å². The number of carbonyl (C=O) groups is 2. The lowest BCUT2D eigenvalue weighted by Crippen LogP contribution is -2.37. The first-order valence-electron chi connectivity index (χ1n) is 11.8. The van der Waals surface area contributed by atoms with Crippen LogP contribution in [-0.4, -0.2) is 47.4 Å². The highest BCUT2D eigenvalue weighted by molar-refractivity contribution is 6.04. The lowest BCUT2D eigenvalue weighted by atomic mass is 10.1. The van der Waals surface area contributed by atoms with Gasteiger partial charge in [0.15, 0.2) is 0 Å². The van der Waals surface area contributed by atoms with Crippen LogP contribution in [0, 0.1) is 0 Å². The van der Waals surface area contributed by atoms with Crippen molar-refractivity contribution in [3.63, 3.8) is 0 Å². The van der Waals surface area contributed by atoms with Crippen molar-refractivity contribution in [3.05, 3.63) is 53.6 Å². The van der Waals surface area contributed by atoms with Crippen LogP contribution in [-0.2, 0) is 22.2 Å². The van der Waals surface area contributed by atoms with Crippen LogP contribution in [0.3, 0.4) is 0 Å². The fourth-order valence-corrected chi connectivity index (χ4v) is 4.52. The summed E-state index contributed by atoms with van der Waals surface area (Å²) in [6.07, 6.45) is -1.53. The Morgan fingerprint density at radius 3 is 2.72 bits per heavy atom. The number of imidazole rings is 1. The number of rotatable bonds is 5. The van der Waals surface area contributed by atoms with Crippen LogP contribution in [0.5, 0.6) is 0 Å². The zero-order valence-electron chi connectivity index (χ0n) is 19.4. The largest absolute Gasteiger partial charge is 0.449 e. The molecule has 2 aromatic carbocycles. The molecule has 2 saturated heterocycles. The van der Waals surface area contributed by atoms with Crippen molar-refractivity contribution in [2.24, 2.45) is 0 Å². The summed E-state index contributed by atoms with van der Waals surface area (Å²) in [4.78, 5) is 31.2. The van der Waals surface area contributed by atoms with Gasteiger partial charge in [0.2, 0.25) is 5.95 Å². The van der Waals surface area contributed by atoms with E-state index in [4.69, 9.17) is 9.47 Å². The Kier molecular flexibility index (Phi) is 6.57. The Labute approximate surface area is 205 Å². The van der Waals surface area contributed by atoms with E-state index in [1.165, 1.54) is 17.0 Å². The van der Waals surface area contributed by atoms with Gasteiger partial charge in [-0.3, -0.25) is 15.0 Å². The normalized spacial score (nSPS) is 18.8. The minimum Gasteiger partial charge on any atom is -0.449 e. The number of ether oxygens (including phenoxy) is 2. The molecule has 1 atom stereocenters. The number of hydrogen-bond acceptors (Lipinski definition) is 5. The molecule has 0 bridgehead atoms. The molecule has 2 aliphatic heterocycles. The number of aromatic nitrogens is 2. The van der Waals surface area contributed by atoms with E-state index in [1.807, 2.05) is 6.07 Å². The van der Waals surface area contributed by atoms with Crippen LogP contribution < -0.4 is 10.2 Å². The molecule has 5 rings (SSSR count). The number of nitrogens with one attached hydrogen (secondary N) is 1. The van der Waals surface area contributed by atoms with Gasteiger partial charge in [0.1, 0.15) is 0 Å². The lowest BCUT2D eigenvalue weighted by Gasteiger charge is -2.26. The summed E-state index contributed by atoms with van der Waals surface area (Å²) < 4.78 is 52.2. The first kappa shape index (κ1) is 24.1. The van der Waals surface area contributed by atoms with Gasteiger partial charge in [-0.25, -0.2) is 9.78 Å². The van der Waals surface area contributed by atoms with Crippen LogP contribution >= 0.6 is 0 Å². The second-order valence-electron chi connectivity index (χ2n) is 8.86. The molecule has 2 amide bonds. The molecule has 2 aliphatic rings. The molecule has 36 heavy (non-hydrogen) atoms. The molecule has 0 spiro atoms. The van der Waals surface area contributed by atoms with Crippen molar-refractivity contribution >= 4 is 34.7 Å². The Hall–Kier alpha value is -3.60. The molecule has 0 aliphatic carbocycles. The third-order valence-electron chi connectivity index (χ3n) is 6.35. The summed E-state index contributed by atoms with van der Waals surface area (Å²) >= 11 is 0. The van der Waals surface area contributed by atoms with Crippen LogP contribution in [0.1, 0.15) is 41.6 Å². The highest BCUT2D eigenvalue weighted by Crippen LogP contribution is 2.31. The molecule has 8 nitrogen and oxygen atoms in total. The fourth-order valence-electron chi connectivity index (χ4n) is 4.52. The number of carbonyl (C=O) groups excluding carboxylic acids is 2. The number of benzene rings is 2. The molecule has 1 aromatic heterocycles. The molecule has 2 fully saturated rings. The maximum atomic E-state index is 13.1. The summed E-state index contributed by atoms with van der Waals surface area (Å²) in [6.45, 7) is 1.95. The van der Waals surface area contributed by atoms with E-state index in [2.05, 4.69) is 10.3 Å². The van der Waals surface area contributed by atoms with Gasteiger partial charge in [0.05, 0.1) is 35.9 Å². The van der Waals surface area contributed by atoms with Gasteiger partial charge in [0, 0.05) is 24.4 Å². The van der Waals surface area contributed by atoms with Gasteiger partial charge in [-0.1, -0.05) is 6.07 Å². The maximum Gasteiger partial charge on any atom is 0.416 e. The first-order chi connectivity index (χ1) is 17.3. The lowest BCUT2D eigenvalue weighted by molar-refractivity contribution is -0.137. The summed E-state index contributed by atoms with van der Waals surface area (Å²) in [5.41, 5.74) is 0.812. The Morgan fingerprint density at radius 1 is 1.11 bits per heavy atom. The Bertz CT molecular complexity index is 1280. The quantitative estimate of drug-likeness (QED) is 0.517. The fraction of sp³-hybridized carbons (Fsp3) is 0.400. The van der Waals surface area contributed by atoms with Crippen LogP contribution in [0.25, 0.3) is 11.0 Å². The number of nitrogens with zero attached hydrogens (tertiary/aromatic N) is 3. The van der Waals surface area contributed by atoms with Crippen LogP contribution in [0.15, 0.2) is 42.5 Å². The highest BCUT2D eigenvalue weighted by atomic mass is 19.4. The van der Waals surface area contributed by atoms with Gasteiger partial charge in [-0.05, 0) is 62.1 Å². The molecule has 0 saturated carbocycles. The smallest absolute Gasteiger partial charge is 0.416 e. The second-order valence-corrected chi connectivity index (χ2v) is 8.86. The van der Waals surface area contributed by atoms with E-state index in [0.717, 1.165) is 31.4 Å². The highest BCUT2D eigenvalue weighted by Gasteiger charge is 2.31. The van der Waals surface area contributed by atoms with E-state index >= 15 is 0 Å². The molecular formula is C25H25F3N4O4. The molecule has 1 unspecified atom stereocenters. The number of halogens is 3. The molecule has 11 heteroatoms. The number of fused-ring (bicyclic) bond motifs is 1. The zero-order valence-corrected chi connectivity index (χ0v) is 19.4. The average Bonchev–Trinajstić information content (AvgIpc) is 3.20. The number of alkyl halides is 3. The zero-order chi connectivity index (χ0) is 25.3. The Balaban J connectivity index is 1.49. The van der Waals surface area contributed by atoms with Gasteiger partial charge < -0.3 is 14.0 Å². The average molecular weight is 502 g/mol. The first-order valence-corrected chi connectivity index (χ1v) is 11.8. The third kappa shape index (κ3) is 5.01. The number of amides is 2. The molecule has 190 valence electrons. The van der Waals surface area contributed by atoms with Gasteiger partial charge in [0.25, 0.3) is 5.91 Å². The van der Waals surface area contributed by atoms with E-state index < -0.39 is 23.7 Å². The third-order valence-corrected chi connectivity index (χ3v) is 6.35. The molecular weight excluding hydrogens is 477 g/mol. The monoisotopic (exact) mass is 502 g/mol. The summed E-state index contributed by atoms with van der Waals surface area (Å²) in [6, 6.07) is 9.57. The van der Waals surface area contributed by atoms with Crippen molar-refractivity contribution in [1.82, 2.24) is 9.55 Å². The van der Waals surface area contributed by atoms with Gasteiger partial charge in [-0.2, -0.15) is 13.2 Å². The number of anilines is 2. The SMILES string of the molecule is O=C(Nc1nc2cc(N3CCCOC3=O)ccc2n1CC1CCCCO1)c1cccc(C(F)(F)F)c1. The van der Waals surface area contributed by atoms with Crippen LogP contribution in [0.2, 0.25) is 0 Å². The van der Waals surface area contributed by atoms with Crippen LogP contribution in [0.4, 0.5) is 29.6 Å². The summed E-state index contributed by atoms with van der Waals surface area (Å²) in [7, 11) is 0. The minimum atomic E-state index is -4.56. The molecule has 3 heterocycles. The van der Waals surface area contributed by atoms with Crippen molar-refractivity contribution in [2.75, 3.05) is 30.0 Å². The van der Waals surface area contributed by atoms with Crippen molar-refractivity contribution < 1.29 is 32.2 Å². The van der Waals surface area contributed by atoms with E-state index in [0.29, 0.717) is 49.4 Å². The van der Waals surface area contributed by atoms with Crippen molar-refractivity contribution in [3.8, 4) is 0 Å². The topological polar surface area (TPSA) is 85.7 Å². The minimum absolute atomic E-state index is 0.0860. The number of hydrogen-bond donors (Lipinski definition) is 1. The van der Waals surface area contributed by atoms with Crippen molar-refractivity contribution in [1.29, 1.82) is 0 Å². The molecule has 1 N–H and O–H groups in total. The second kappa shape index (κ2) is 9.81. The van der Waals surface area contributed by atoms with Gasteiger partial charge >= 0.3 is 12.3 Å². The molecule has 3 aromatic rings. The van der Waals surface area contributed by atoms with Gasteiger partial charge in [-0.15, -0.1) is 0 Å². The predicted octanol–water partition coefficient (Wildman–Crippen LogP) is 5.22. The molecule has 0 radical (unpaired) electrons. The standard InChI is InChI=1S/C25H25F3N4O4/c26-25(27,28)17-6-3-5-16(13-17)22(33)30-23-29-20-14-18(31-10-4-12-36-24(31)34)8-9-21(20)32(23)15-19-7-1-2-11-35-19/h3,5-6,8-9,13-14,19H,1-2,4,7,10-12,15H2,(H,29,30,33). The summed E-state index contributed by atoms with van der Waals surface area (Å²) in [5.74, 6) is -0.512.